The Morgan fingerprint density at radius 1 is 1.12 bits per heavy atom. The third kappa shape index (κ3) is 15.7. The van der Waals surface area contributed by atoms with E-state index in [1.807, 2.05) is 6.92 Å². The van der Waals surface area contributed by atoms with Crippen molar-refractivity contribution in [2.75, 3.05) is 12.4 Å². The zero-order valence-electron chi connectivity index (χ0n) is 15.8. The van der Waals surface area contributed by atoms with Crippen LogP contribution in [0, 0.1) is 6.57 Å². The first-order chi connectivity index (χ1) is 12.1. The van der Waals surface area contributed by atoms with Crippen LogP contribution in [0.25, 0.3) is 4.85 Å². The summed E-state index contributed by atoms with van der Waals surface area (Å²) in [4.78, 5) is 13.2. The SMILES string of the molecule is [C-]#[N+]C(C)(CCOC=O)SC(=S)SCCCCCCCCCCCC. The van der Waals surface area contributed by atoms with Crippen molar-refractivity contribution in [1.82, 2.24) is 0 Å². The second-order valence-corrected chi connectivity index (χ2v) is 10.2. The first kappa shape index (κ1) is 24.8. The highest BCUT2D eigenvalue weighted by Gasteiger charge is 2.33. The minimum atomic E-state index is -0.634. The highest BCUT2D eigenvalue weighted by atomic mass is 32.2. The van der Waals surface area contributed by atoms with Gasteiger partial charge in [0.1, 0.15) is 3.53 Å². The number of unbranched alkanes of at least 4 members (excludes halogenated alkanes) is 9. The van der Waals surface area contributed by atoms with E-state index >= 15 is 0 Å². The topological polar surface area (TPSA) is 30.7 Å². The molecule has 144 valence electrons. The van der Waals surface area contributed by atoms with Gasteiger partial charge in [-0.25, -0.2) is 6.57 Å². The van der Waals surface area contributed by atoms with Gasteiger partial charge in [0.15, 0.2) is 0 Å². The molecule has 0 aromatic rings. The molecule has 0 saturated heterocycles. The summed E-state index contributed by atoms with van der Waals surface area (Å²) in [7, 11) is 0. The Hall–Kier alpha value is -0.250. The van der Waals surface area contributed by atoms with Crippen molar-refractivity contribution in [2.24, 2.45) is 0 Å². The summed E-state index contributed by atoms with van der Waals surface area (Å²) in [6.45, 7) is 12.1. The number of rotatable bonds is 16. The van der Waals surface area contributed by atoms with Gasteiger partial charge in [-0.15, -0.1) is 11.8 Å². The number of thiocarbonyl (C=S) groups is 1. The van der Waals surface area contributed by atoms with E-state index in [9.17, 15) is 4.79 Å². The van der Waals surface area contributed by atoms with Crippen LogP contribution < -0.4 is 0 Å². The summed E-state index contributed by atoms with van der Waals surface area (Å²) in [5.41, 5.74) is 0. The van der Waals surface area contributed by atoms with Crippen molar-refractivity contribution in [3.63, 3.8) is 0 Å². The second-order valence-electron chi connectivity index (χ2n) is 6.39. The van der Waals surface area contributed by atoms with Gasteiger partial charge in [-0.05, 0) is 23.9 Å². The molecule has 0 fully saturated rings. The van der Waals surface area contributed by atoms with Gasteiger partial charge in [0.05, 0.1) is 13.0 Å². The summed E-state index contributed by atoms with van der Waals surface area (Å²) in [5.74, 6) is 1.03. The number of ether oxygens (including phenoxy) is 1. The van der Waals surface area contributed by atoms with E-state index in [0.29, 0.717) is 12.9 Å². The second kappa shape index (κ2) is 17.2. The van der Waals surface area contributed by atoms with E-state index in [0.717, 1.165) is 9.28 Å². The molecule has 0 bridgehead atoms. The average Bonchev–Trinajstić information content (AvgIpc) is 2.60. The standard InChI is InChI=1S/C19H33NO2S3/c1-4-5-6-7-8-9-10-11-12-13-16-24-18(23)25-19(2,20-3)14-15-22-17-21/h17H,4-16H2,1-2H3. The van der Waals surface area contributed by atoms with Gasteiger partial charge in [-0.3, -0.25) is 9.64 Å². The lowest BCUT2D eigenvalue weighted by molar-refractivity contribution is -0.128. The first-order valence-corrected chi connectivity index (χ1v) is 11.6. The van der Waals surface area contributed by atoms with E-state index in [4.69, 9.17) is 23.5 Å². The third-order valence-corrected chi connectivity index (χ3v) is 6.85. The van der Waals surface area contributed by atoms with Crippen LogP contribution in [0.15, 0.2) is 0 Å². The fraction of sp³-hybridized carbons (Fsp3) is 0.842. The number of carbonyl (C=O) groups excluding carboxylic acids is 1. The van der Waals surface area contributed by atoms with E-state index in [1.165, 1.54) is 76.0 Å². The fourth-order valence-electron chi connectivity index (χ4n) is 2.38. The summed E-state index contributed by atoms with van der Waals surface area (Å²) in [6, 6.07) is 0. The lowest BCUT2D eigenvalue weighted by Crippen LogP contribution is -2.19. The number of thioether (sulfide) groups is 2. The van der Waals surface area contributed by atoms with Gasteiger partial charge in [0.2, 0.25) is 0 Å². The van der Waals surface area contributed by atoms with E-state index < -0.39 is 4.87 Å². The van der Waals surface area contributed by atoms with Crippen molar-refractivity contribution in [3.05, 3.63) is 11.4 Å². The highest BCUT2D eigenvalue weighted by molar-refractivity contribution is 8.47. The van der Waals surface area contributed by atoms with E-state index in [-0.39, 0.29) is 6.61 Å². The summed E-state index contributed by atoms with van der Waals surface area (Å²) in [6.07, 6.45) is 13.9. The summed E-state index contributed by atoms with van der Waals surface area (Å²) >= 11 is 8.49. The maximum absolute atomic E-state index is 10.2. The molecule has 0 saturated carbocycles. The normalized spacial score (nSPS) is 13.0. The van der Waals surface area contributed by atoms with Crippen molar-refractivity contribution < 1.29 is 9.53 Å². The quantitative estimate of drug-likeness (QED) is 0.122. The van der Waals surface area contributed by atoms with E-state index in [1.54, 1.807) is 11.8 Å². The van der Waals surface area contributed by atoms with Crippen molar-refractivity contribution >= 4 is 45.7 Å². The van der Waals surface area contributed by atoms with Gasteiger partial charge >= 0.3 is 0 Å². The molecule has 0 spiro atoms. The Labute approximate surface area is 168 Å². The molecule has 0 aromatic heterocycles. The van der Waals surface area contributed by atoms with Gasteiger partial charge in [-0.1, -0.05) is 76.9 Å². The predicted octanol–water partition coefficient (Wildman–Crippen LogP) is 6.86. The molecule has 0 N–H and O–H groups in total. The van der Waals surface area contributed by atoms with E-state index in [2.05, 4.69) is 11.8 Å². The smallest absolute Gasteiger partial charge is 0.293 e. The monoisotopic (exact) mass is 403 g/mol. The van der Waals surface area contributed by atoms with Crippen LogP contribution in [0.5, 0.6) is 0 Å². The van der Waals surface area contributed by atoms with Crippen molar-refractivity contribution in [2.45, 2.75) is 89.3 Å². The Balaban J connectivity index is 3.59. The summed E-state index contributed by atoms with van der Waals surface area (Å²) in [5, 5.41) is 0. The first-order valence-electron chi connectivity index (χ1n) is 9.37. The van der Waals surface area contributed by atoms with Crippen molar-refractivity contribution in [1.29, 1.82) is 0 Å². The van der Waals surface area contributed by atoms with Crippen LogP contribution in [0.4, 0.5) is 0 Å². The Morgan fingerprint density at radius 2 is 1.68 bits per heavy atom. The van der Waals surface area contributed by atoms with Gasteiger partial charge in [0, 0.05) is 6.92 Å². The average molecular weight is 404 g/mol. The lowest BCUT2D eigenvalue weighted by atomic mass is 10.1. The molecule has 0 amide bonds. The van der Waals surface area contributed by atoms with Crippen LogP contribution in [0.3, 0.4) is 0 Å². The highest BCUT2D eigenvalue weighted by Crippen LogP contribution is 2.35. The molecular weight excluding hydrogens is 370 g/mol. The molecule has 0 aliphatic heterocycles. The van der Waals surface area contributed by atoms with Gasteiger partial charge in [-0.2, -0.15) is 0 Å². The number of hydrogen-bond acceptors (Lipinski definition) is 5. The molecule has 1 atom stereocenters. The number of nitrogens with zero attached hydrogens (tertiary/aromatic N) is 1. The molecule has 0 rings (SSSR count). The molecule has 1 unspecified atom stereocenters. The summed E-state index contributed by atoms with van der Waals surface area (Å²) < 4.78 is 5.52. The number of carbonyl (C=O) groups is 1. The van der Waals surface area contributed by atoms with Crippen molar-refractivity contribution in [3.8, 4) is 0 Å². The Morgan fingerprint density at radius 3 is 2.20 bits per heavy atom. The van der Waals surface area contributed by atoms with Crippen LogP contribution in [0.2, 0.25) is 0 Å². The van der Waals surface area contributed by atoms with Crippen LogP contribution in [-0.4, -0.2) is 27.2 Å². The van der Waals surface area contributed by atoms with Crippen LogP contribution in [-0.2, 0) is 9.53 Å². The number of hydrogen-bond donors (Lipinski definition) is 0. The molecule has 0 heterocycles. The largest absolute Gasteiger partial charge is 0.468 e. The predicted molar refractivity (Wildman–Crippen MR) is 116 cm³/mol. The Bertz CT molecular complexity index is 399. The molecule has 3 nitrogen and oxygen atoms in total. The van der Waals surface area contributed by atoms with Crippen LogP contribution >= 0.6 is 35.7 Å². The molecule has 6 heteroatoms. The zero-order chi connectivity index (χ0) is 18.8. The minimum absolute atomic E-state index is 0.265. The third-order valence-electron chi connectivity index (χ3n) is 4.01. The molecule has 0 radical (unpaired) electrons. The molecule has 0 aromatic carbocycles. The zero-order valence-corrected chi connectivity index (χ0v) is 18.2. The molecule has 25 heavy (non-hydrogen) atoms. The lowest BCUT2D eigenvalue weighted by Gasteiger charge is -2.15. The minimum Gasteiger partial charge on any atom is -0.468 e. The van der Waals surface area contributed by atoms with Gasteiger partial charge in [0.25, 0.3) is 11.3 Å². The fourth-order valence-corrected chi connectivity index (χ4v) is 5.30. The molecule has 0 aliphatic rings. The molecular formula is C19H33NO2S3. The van der Waals surface area contributed by atoms with Gasteiger partial charge < -0.3 is 4.74 Å². The maximum atomic E-state index is 10.2. The van der Waals surface area contributed by atoms with Crippen LogP contribution in [0.1, 0.15) is 84.5 Å². The maximum Gasteiger partial charge on any atom is 0.293 e. The molecule has 0 aliphatic carbocycles. The Kier molecular flexibility index (Phi) is 17.0.